The first-order chi connectivity index (χ1) is 10.2. The lowest BCUT2D eigenvalue weighted by atomic mass is 10.1. The molecule has 1 amide bonds. The molecule has 4 nitrogen and oxygen atoms in total. The number of carbonyl (C=O) groups excluding carboxylic acids is 1. The Bertz CT molecular complexity index is 638. The molecule has 0 unspecified atom stereocenters. The van der Waals surface area contributed by atoms with Crippen LogP contribution in [-0.2, 0) is 24.2 Å². The van der Waals surface area contributed by atoms with Crippen molar-refractivity contribution in [2.75, 3.05) is 0 Å². The SMILES string of the molecule is O=C(CCc1ccccc1Cl)N[C@H]1CCc2nccn2C1. The van der Waals surface area contributed by atoms with E-state index in [0.29, 0.717) is 12.8 Å². The van der Waals surface area contributed by atoms with Crippen molar-refractivity contribution in [3.05, 3.63) is 53.1 Å². The number of rotatable bonds is 4. The first kappa shape index (κ1) is 14.1. The Morgan fingerprint density at radius 1 is 1.43 bits per heavy atom. The van der Waals surface area contributed by atoms with Crippen LogP contribution >= 0.6 is 11.6 Å². The zero-order valence-corrected chi connectivity index (χ0v) is 12.5. The third-order valence-electron chi connectivity index (χ3n) is 3.88. The first-order valence-electron chi connectivity index (χ1n) is 7.25. The van der Waals surface area contributed by atoms with Gasteiger partial charge in [-0.3, -0.25) is 4.79 Å². The molecule has 0 radical (unpaired) electrons. The van der Waals surface area contributed by atoms with Crippen molar-refractivity contribution >= 4 is 17.5 Å². The Kier molecular flexibility index (Phi) is 4.25. The van der Waals surface area contributed by atoms with Crippen LogP contribution in [0.4, 0.5) is 0 Å². The lowest BCUT2D eigenvalue weighted by molar-refractivity contribution is -0.122. The van der Waals surface area contributed by atoms with Gasteiger partial charge in [-0.1, -0.05) is 29.8 Å². The number of aryl methyl sites for hydroxylation is 2. The highest BCUT2D eigenvalue weighted by atomic mass is 35.5. The minimum atomic E-state index is 0.0866. The number of carbonyl (C=O) groups is 1. The number of imidazole rings is 1. The molecular formula is C16H18ClN3O. The third kappa shape index (κ3) is 3.45. The average Bonchev–Trinajstić information content (AvgIpc) is 2.94. The molecule has 1 aromatic heterocycles. The summed E-state index contributed by atoms with van der Waals surface area (Å²) in [6.07, 6.45) is 6.80. The Balaban J connectivity index is 1.50. The van der Waals surface area contributed by atoms with E-state index in [1.165, 1.54) is 0 Å². The molecule has 1 atom stereocenters. The summed E-state index contributed by atoms with van der Waals surface area (Å²) >= 11 is 6.10. The summed E-state index contributed by atoms with van der Waals surface area (Å²) < 4.78 is 2.11. The van der Waals surface area contributed by atoms with Crippen LogP contribution in [0.15, 0.2) is 36.7 Å². The van der Waals surface area contributed by atoms with Gasteiger partial charge in [-0.05, 0) is 24.5 Å². The van der Waals surface area contributed by atoms with Gasteiger partial charge in [0, 0.05) is 42.8 Å². The number of hydrogen-bond donors (Lipinski definition) is 1. The minimum absolute atomic E-state index is 0.0866. The quantitative estimate of drug-likeness (QED) is 0.944. The van der Waals surface area contributed by atoms with Crippen molar-refractivity contribution in [2.24, 2.45) is 0 Å². The summed E-state index contributed by atoms with van der Waals surface area (Å²) in [6.45, 7) is 0.813. The van der Waals surface area contributed by atoms with Gasteiger partial charge in [0.25, 0.3) is 0 Å². The van der Waals surface area contributed by atoms with Crippen LogP contribution in [-0.4, -0.2) is 21.5 Å². The van der Waals surface area contributed by atoms with Crippen LogP contribution in [0.1, 0.15) is 24.2 Å². The Labute approximate surface area is 129 Å². The smallest absolute Gasteiger partial charge is 0.220 e. The van der Waals surface area contributed by atoms with Crippen molar-refractivity contribution in [3.63, 3.8) is 0 Å². The van der Waals surface area contributed by atoms with Crippen LogP contribution < -0.4 is 5.32 Å². The molecule has 2 aromatic rings. The lowest BCUT2D eigenvalue weighted by Gasteiger charge is -2.24. The predicted molar refractivity (Wildman–Crippen MR) is 82.3 cm³/mol. The normalized spacial score (nSPS) is 17.3. The number of halogens is 1. The average molecular weight is 304 g/mol. The monoisotopic (exact) mass is 303 g/mol. The third-order valence-corrected chi connectivity index (χ3v) is 4.25. The maximum Gasteiger partial charge on any atom is 0.220 e. The lowest BCUT2D eigenvalue weighted by Crippen LogP contribution is -2.40. The molecule has 2 heterocycles. The molecule has 5 heteroatoms. The molecule has 1 N–H and O–H groups in total. The molecule has 21 heavy (non-hydrogen) atoms. The summed E-state index contributed by atoms with van der Waals surface area (Å²) in [5, 5.41) is 3.84. The minimum Gasteiger partial charge on any atom is -0.352 e. The molecule has 110 valence electrons. The second-order valence-electron chi connectivity index (χ2n) is 5.39. The molecule has 1 aliphatic rings. The van der Waals surface area contributed by atoms with Crippen molar-refractivity contribution in [2.45, 2.75) is 38.3 Å². The maximum atomic E-state index is 12.1. The molecular weight excluding hydrogens is 286 g/mol. The standard InChI is InChI=1S/C16H18ClN3O/c17-14-4-2-1-3-12(14)5-8-16(21)19-13-6-7-15-18-9-10-20(15)11-13/h1-4,9-10,13H,5-8,11H2,(H,19,21)/t13-/m0/s1. The number of aromatic nitrogens is 2. The van der Waals surface area contributed by atoms with Gasteiger partial charge in [0.15, 0.2) is 0 Å². The van der Waals surface area contributed by atoms with Gasteiger partial charge in [-0.2, -0.15) is 0 Å². The maximum absolute atomic E-state index is 12.1. The fourth-order valence-corrected chi connectivity index (χ4v) is 2.96. The number of nitrogens with zero attached hydrogens (tertiary/aromatic N) is 2. The Hall–Kier alpha value is -1.81. The van der Waals surface area contributed by atoms with E-state index in [-0.39, 0.29) is 11.9 Å². The number of fused-ring (bicyclic) bond motifs is 1. The fraction of sp³-hybridized carbons (Fsp3) is 0.375. The van der Waals surface area contributed by atoms with Gasteiger partial charge in [0.1, 0.15) is 5.82 Å². The Morgan fingerprint density at radius 2 is 2.29 bits per heavy atom. The van der Waals surface area contributed by atoms with Gasteiger partial charge < -0.3 is 9.88 Å². The van der Waals surface area contributed by atoms with E-state index in [1.54, 1.807) is 0 Å². The highest BCUT2D eigenvalue weighted by Gasteiger charge is 2.20. The van der Waals surface area contributed by atoms with Crippen LogP contribution in [0, 0.1) is 0 Å². The van der Waals surface area contributed by atoms with Crippen molar-refractivity contribution < 1.29 is 4.79 Å². The molecule has 0 aliphatic carbocycles. The molecule has 0 spiro atoms. The highest BCUT2D eigenvalue weighted by molar-refractivity contribution is 6.31. The van der Waals surface area contributed by atoms with Crippen LogP contribution in [0.25, 0.3) is 0 Å². The van der Waals surface area contributed by atoms with Crippen molar-refractivity contribution in [3.8, 4) is 0 Å². The highest BCUT2D eigenvalue weighted by Crippen LogP contribution is 2.17. The molecule has 0 bridgehead atoms. The van der Waals surface area contributed by atoms with E-state index in [4.69, 9.17) is 11.6 Å². The van der Waals surface area contributed by atoms with E-state index >= 15 is 0 Å². The van der Waals surface area contributed by atoms with Crippen LogP contribution in [0.3, 0.4) is 0 Å². The van der Waals surface area contributed by atoms with E-state index in [0.717, 1.165) is 35.8 Å². The number of hydrogen-bond acceptors (Lipinski definition) is 2. The van der Waals surface area contributed by atoms with E-state index in [9.17, 15) is 4.79 Å². The summed E-state index contributed by atoms with van der Waals surface area (Å²) in [5.74, 6) is 1.19. The summed E-state index contributed by atoms with van der Waals surface area (Å²) in [7, 11) is 0. The molecule has 1 aromatic carbocycles. The molecule has 0 fully saturated rings. The zero-order valence-electron chi connectivity index (χ0n) is 11.8. The van der Waals surface area contributed by atoms with Gasteiger partial charge in [0.05, 0.1) is 0 Å². The van der Waals surface area contributed by atoms with Crippen LogP contribution in [0.2, 0.25) is 5.02 Å². The largest absolute Gasteiger partial charge is 0.352 e. The van der Waals surface area contributed by atoms with E-state index in [1.807, 2.05) is 36.7 Å². The second-order valence-corrected chi connectivity index (χ2v) is 5.80. The Morgan fingerprint density at radius 3 is 3.14 bits per heavy atom. The number of benzene rings is 1. The number of amides is 1. The molecule has 0 saturated heterocycles. The van der Waals surface area contributed by atoms with E-state index < -0.39 is 0 Å². The molecule has 0 saturated carbocycles. The second kappa shape index (κ2) is 6.31. The first-order valence-corrected chi connectivity index (χ1v) is 7.63. The molecule has 1 aliphatic heterocycles. The van der Waals surface area contributed by atoms with Gasteiger partial charge >= 0.3 is 0 Å². The van der Waals surface area contributed by atoms with Gasteiger partial charge in [-0.25, -0.2) is 4.98 Å². The van der Waals surface area contributed by atoms with Crippen LogP contribution in [0.5, 0.6) is 0 Å². The summed E-state index contributed by atoms with van der Waals surface area (Å²) in [4.78, 5) is 16.4. The van der Waals surface area contributed by atoms with Gasteiger partial charge in [-0.15, -0.1) is 0 Å². The summed E-state index contributed by atoms with van der Waals surface area (Å²) in [6, 6.07) is 7.87. The van der Waals surface area contributed by atoms with Gasteiger partial charge in [0.2, 0.25) is 5.91 Å². The van der Waals surface area contributed by atoms with Crippen molar-refractivity contribution in [1.82, 2.24) is 14.9 Å². The summed E-state index contributed by atoms with van der Waals surface area (Å²) in [5.41, 5.74) is 1.02. The predicted octanol–water partition coefficient (Wildman–Crippen LogP) is 2.60. The van der Waals surface area contributed by atoms with Crippen molar-refractivity contribution in [1.29, 1.82) is 0 Å². The topological polar surface area (TPSA) is 46.9 Å². The van der Waals surface area contributed by atoms with E-state index in [2.05, 4.69) is 14.9 Å². The molecule has 3 rings (SSSR count). The zero-order chi connectivity index (χ0) is 14.7. The number of nitrogens with one attached hydrogen (secondary N) is 1. The fourth-order valence-electron chi connectivity index (χ4n) is 2.73.